The predicted molar refractivity (Wildman–Crippen MR) is 31.8 cm³/mol. The Labute approximate surface area is 123 Å². The average molecular weight is 343 g/mol. The number of rotatable bonds is 0. The van der Waals surface area contributed by atoms with Crippen LogP contribution in [0.1, 0.15) is 0 Å². The van der Waals surface area contributed by atoms with E-state index in [1.807, 2.05) is 0 Å². The zero-order chi connectivity index (χ0) is 5.91. The van der Waals surface area contributed by atoms with E-state index in [0.29, 0.717) is 0 Å². The van der Waals surface area contributed by atoms with Gasteiger partial charge in [0.15, 0.2) is 0 Å². The van der Waals surface area contributed by atoms with Gasteiger partial charge >= 0.3 is 51.4 Å². The molecule has 0 aliphatic rings. The van der Waals surface area contributed by atoms with Crippen LogP contribution >= 0.6 is 31.9 Å². The fourth-order valence-electron chi connectivity index (χ4n) is 0.0250. The quantitative estimate of drug-likeness (QED) is 0.329. The fraction of sp³-hybridized carbons (Fsp3) is 0.333. The van der Waals surface area contributed by atoms with E-state index >= 15 is 0 Å². The van der Waals surface area contributed by atoms with Crippen LogP contribution in [0.15, 0.2) is 0 Å². The second-order valence-electron chi connectivity index (χ2n) is 0.798. The van der Waals surface area contributed by atoms with Crippen LogP contribution in [-0.4, -0.2) is 3.23 Å². The van der Waals surface area contributed by atoms with Crippen molar-refractivity contribution in [3.8, 4) is 12.1 Å². The largest absolute Gasteiger partial charge is 1.00 e. The predicted octanol–water partition coefficient (Wildman–Crippen LogP) is -4.47. The number of halogens is 3. The Morgan fingerprint density at radius 1 is 1.11 bits per heavy atom. The van der Waals surface area contributed by atoms with Gasteiger partial charge in [-0.25, -0.2) is 0 Å². The molecule has 0 aromatic heterocycles. The molecule has 2 nitrogen and oxygen atoms in total. The summed E-state index contributed by atoms with van der Waals surface area (Å²) >= 11 is 5.55. The molecule has 0 radical (unpaired) electrons. The topological polar surface area (TPSA) is 47.6 Å². The molecule has 0 aromatic carbocycles. The van der Waals surface area contributed by atoms with Crippen LogP contribution < -0.4 is 68.4 Å². The summed E-state index contributed by atoms with van der Waals surface area (Å²) in [6.07, 6.45) is 0. The van der Waals surface area contributed by atoms with Gasteiger partial charge in [0.2, 0.25) is 0 Å². The van der Waals surface area contributed by atoms with E-state index in [1.165, 1.54) is 0 Å². The van der Waals surface area contributed by atoms with Crippen molar-refractivity contribution in [2.45, 2.75) is 3.23 Å². The van der Waals surface area contributed by atoms with Crippen molar-refractivity contribution in [1.82, 2.24) is 0 Å². The molecule has 0 atom stereocenters. The number of alkyl halides is 2. The van der Waals surface area contributed by atoms with Crippen LogP contribution in [0, 0.1) is 22.7 Å². The van der Waals surface area contributed by atoms with Gasteiger partial charge in [0.25, 0.3) is 3.23 Å². The van der Waals surface area contributed by atoms with Gasteiger partial charge in [0.05, 0.1) is 0 Å². The first-order valence-corrected chi connectivity index (χ1v) is 2.91. The molecule has 6 heteroatoms. The maximum atomic E-state index is 8.03. The maximum Gasteiger partial charge on any atom is 1.00 e. The molecule has 0 heterocycles. The number of hydrogen-bond donors (Lipinski definition) is 0. The van der Waals surface area contributed by atoms with Crippen molar-refractivity contribution in [2.75, 3.05) is 0 Å². The van der Waals surface area contributed by atoms with Crippen molar-refractivity contribution < 1.29 is 68.4 Å². The summed E-state index contributed by atoms with van der Waals surface area (Å²) in [6, 6.07) is 3.33. The van der Waals surface area contributed by atoms with Crippen molar-refractivity contribution in [3.63, 3.8) is 0 Å². The minimum Gasteiger partial charge on any atom is -1.00 e. The van der Waals surface area contributed by atoms with E-state index in [-0.39, 0.29) is 68.4 Å². The molecule has 44 valence electrons. The van der Waals surface area contributed by atoms with Gasteiger partial charge in [-0.15, -0.1) is 0 Å². The van der Waals surface area contributed by atoms with Gasteiger partial charge < -0.3 is 17.0 Å². The summed E-state index contributed by atoms with van der Waals surface area (Å²) in [5, 5.41) is 16.1. The van der Waals surface area contributed by atoms with Gasteiger partial charge in [-0.1, -0.05) is 0 Å². The smallest absolute Gasteiger partial charge is 1.00 e. The molecular formula is C3Br3KN2. The summed E-state index contributed by atoms with van der Waals surface area (Å²) in [5.74, 6) is 0. The zero-order valence-corrected chi connectivity index (χ0v) is 12.4. The third-order valence-corrected chi connectivity index (χ3v) is 0.990. The average Bonchev–Trinajstić information content (AvgIpc) is 1.68. The summed E-state index contributed by atoms with van der Waals surface area (Å²) < 4.78 is -1.18. The molecule has 0 spiro atoms. The zero-order valence-electron chi connectivity index (χ0n) is 4.53. The monoisotopic (exact) mass is 340 g/mol. The Balaban J connectivity index is -0.000000180. The van der Waals surface area contributed by atoms with Gasteiger partial charge in [-0.3, -0.25) is 0 Å². The Hall–Kier alpha value is 2.06. The van der Waals surface area contributed by atoms with E-state index in [2.05, 4.69) is 31.9 Å². The summed E-state index contributed by atoms with van der Waals surface area (Å²) in [4.78, 5) is 0. The van der Waals surface area contributed by atoms with Gasteiger partial charge in [0.1, 0.15) is 12.1 Å². The van der Waals surface area contributed by atoms with Crippen LogP contribution in [-0.2, 0) is 0 Å². The molecule has 9 heavy (non-hydrogen) atoms. The third kappa shape index (κ3) is 10.1. The fourth-order valence-corrected chi connectivity index (χ4v) is 0.0250. The second kappa shape index (κ2) is 8.16. The van der Waals surface area contributed by atoms with Crippen LogP contribution in [0.5, 0.6) is 0 Å². The molecule has 0 fully saturated rings. The van der Waals surface area contributed by atoms with Crippen LogP contribution in [0.3, 0.4) is 0 Å². The number of nitriles is 2. The maximum absolute atomic E-state index is 8.03. The Morgan fingerprint density at radius 2 is 1.33 bits per heavy atom. The Morgan fingerprint density at radius 3 is 1.33 bits per heavy atom. The third-order valence-electron chi connectivity index (χ3n) is 0.281. The van der Waals surface area contributed by atoms with Crippen molar-refractivity contribution >= 4 is 31.9 Å². The Bertz CT molecular complexity index is 128. The van der Waals surface area contributed by atoms with E-state index in [4.69, 9.17) is 10.5 Å². The normalized spacial score (nSPS) is 7.11. The molecule has 0 aliphatic heterocycles. The summed E-state index contributed by atoms with van der Waals surface area (Å²) in [6.45, 7) is 0. The molecule has 0 bridgehead atoms. The Kier molecular flexibility index (Phi) is 15.6. The molecule has 0 saturated heterocycles. The minimum atomic E-state index is -1.18. The SMILES string of the molecule is N#CC(Br)(Br)C#N.[Br-].[K+]. The number of nitrogens with zero attached hydrogens (tertiary/aromatic N) is 2. The van der Waals surface area contributed by atoms with Crippen molar-refractivity contribution in [3.05, 3.63) is 0 Å². The molecule has 0 unspecified atom stereocenters. The minimum absolute atomic E-state index is 0. The molecule has 0 rings (SSSR count). The molecule has 0 N–H and O–H groups in total. The van der Waals surface area contributed by atoms with Gasteiger partial charge in [0, 0.05) is 0 Å². The van der Waals surface area contributed by atoms with Crippen LogP contribution in [0.25, 0.3) is 0 Å². The molecule has 0 aromatic rings. The van der Waals surface area contributed by atoms with E-state index in [0.717, 1.165) is 0 Å². The first-order chi connectivity index (χ1) is 3.12. The van der Waals surface area contributed by atoms with Gasteiger partial charge in [-0.05, 0) is 31.9 Å². The van der Waals surface area contributed by atoms with Crippen molar-refractivity contribution in [1.29, 1.82) is 10.5 Å². The summed E-state index contributed by atoms with van der Waals surface area (Å²) in [7, 11) is 0. The van der Waals surface area contributed by atoms with E-state index < -0.39 is 3.23 Å². The standard InChI is InChI=1S/C3Br2N2.BrH.K/c4-3(5,1-6)2-7;;/h;1H;/q;;+1/p-1. The van der Waals surface area contributed by atoms with Crippen LogP contribution in [0.4, 0.5) is 0 Å². The molecule has 0 aliphatic carbocycles. The first-order valence-electron chi connectivity index (χ1n) is 1.33. The van der Waals surface area contributed by atoms with E-state index in [9.17, 15) is 0 Å². The molecule has 0 amide bonds. The van der Waals surface area contributed by atoms with Crippen LogP contribution in [0.2, 0.25) is 0 Å². The second-order valence-corrected chi connectivity index (χ2v) is 4.24. The molecular weight excluding hydrogens is 343 g/mol. The molecule has 0 saturated carbocycles. The first kappa shape index (κ1) is 17.2. The summed E-state index contributed by atoms with van der Waals surface area (Å²) in [5.41, 5.74) is 0. The van der Waals surface area contributed by atoms with E-state index in [1.54, 1.807) is 12.1 Å². The number of hydrogen-bond acceptors (Lipinski definition) is 2. The van der Waals surface area contributed by atoms with Gasteiger partial charge in [-0.2, -0.15) is 10.5 Å². The van der Waals surface area contributed by atoms with Crippen molar-refractivity contribution in [2.24, 2.45) is 0 Å².